The van der Waals surface area contributed by atoms with Crippen molar-refractivity contribution in [3.8, 4) is 18.1 Å². The van der Waals surface area contributed by atoms with Crippen LogP contribution in [0.3, 0.4) is 0 Å². The van der Waals surface area contributed by atoms with Crippen LogP contribution in [-0.2, 0) is 11.3 Å². The molecule has 3 heteroatoms. The molecule has 0 atom stereocenters. The Labute approximate surface area is 109 Å². The number of methoxy groups -OCH3 is 1. The second-order valence-corrected chi connectivity index (χ2v) is 4.22. The predicted molar refractivity (Wildman–Crippen MR) is 73.8 cm³/mol. The molecule has 0 radical (unpaired) electrons. The topological polar surface area (TPSA) is 30.5 Å². The molecule has 1 rings (SSSR count). The first-order valence-corrected chi connectivity index (χ1v) is 6.05. The molecule has 0 unspecified atom stereocenters. The number of benzene rings is 1. The van der Waals surface area contributed by atoms with E-state index >= 15 is 0 Å². The van der Waals surface area contributed by atoms with Crippen LogP contribution in [0.4, 0.5) is 0 Å². The Morgan fingerprint density at radius 2 is 1.94 bits per heavy atom. The number of hydrogen-bond donors (Lipinski definition) is 1. The Morgan fingerprint density at radius 1 is 1.28 bits per heavy atom. The quantitative estimate of drug-likeness (QED) is 0.591. The summed E-state index contributed by atoms with van der Waals surface area (Å²) in [5.74, 6) is 3.38. The molecular formula is C15H21NO2. The molecule has 18 heavy (non-hydrogen) atoms. The maximum Gasteiger partial charge on any atom is 0.148 e. The van der Waals surface area contributed by atoms with Gasteiger partial charge in [-0.05, 0) is 30.5 Å². The highest BCUT2D eigenvalue weighted by atomic mass is 16.5. The van der Waals surface area contributed by atoms with Gasteiger partial charge >= 0.3 is 0 Å². The van der Waals surface area contributed by atoms with Crippen LogP contribution >= 0.6 is 0 Å². The zero-order valence-corrected chi connectivity index (χ0v) is 11.4. The van der Waals surface area contributed by atoms with Crippen molar-refractivity contribution in [3.05, 3.63) is 28.8 Å². The van der Waals surface area contributed by atoms with Crippen molar-refractivity contribution in [2.45, 2.75) is 20.4 Å². The molecule has 0 aromatic heterocycles. The number of nitrogens with one attached hydrogen (secondary N) is 1. The minimum absolute atomic E-state index is 0.313. The van der Waals surface area contributed by atoms with E-state index in [9.17, 15) is 0 Å². The molecule has 1 N–H and O–H groups in total. The summed E-state index contributed by atoms with van der Waals surface area (Å²) in [4.78, 5) is 0. The van der Waals surface area contributed by atoms with Gasteiger partial charge in [-0.15, -0.1) is 6.42 Å². The first kappa shape index (κ1) is 14.6. The Balaban J connectivity index is 2.64. The van der Waals surface area contributed by atoms with Gasteiger partial charge in [-0.1, -0.05) is 18.1 Å². The maximum absolute atomic E-state index is 5.54. The zero-order chi connectivity index (χ0) is 13.4. The Morgan fingerprint density at radius 3 is 2.50 bits per heavy atom. The average Bonchev–Trinajstić information content (AvgIpc) is 2.34. The molecule has 0 aliphatic carbocycles. The Kier molecular flexibility index (Phi) is 6.27. The highest BCUT2D eigenvalue weighted by Gasteiger charge is 2.05. The van der Waals surface area contributed by atoms with E-state index in [-0.39, 0.29) is 0 Å². The third-order valence-corrected chi connectivity index (χ3v) is 2.63. The van der Waals surface area contributed by atoms with Crippen LogP contribution in [-0.4, -0.2) is 26.9 Å². The van der Waals surface area contributed by atoms with Crippen molar-refractivity contribution < 1.29 is 9.47 Å². The highest BCUT2D eigenvalue weighted by molar-refractivity contribution is 5.43. The molecule has 0 aliphatic heterocycles. The SMILES string of the molecule is C#CCOc1c(C)cc(CNCCOC)cc1C. The summed E-state index contributed by atoms with van der Waals surface area (Å²) in [6, 6.07) is 4.25. The predicted octanol–water partition coefficient (Wildman–Crippen LogP) is 2.05. The van der Waals surface area contributed by atoms with E-state index in [1.165, 1.54) is 5.56 Å². The summed E-state index contributed by atoms with van der Waals surface area (Å²) in [5.41, 5.74) is 3.48. The van der Waals surface area contributed by atoms with Crippen LogP contribution in [0, 0.1) is 26.2 Å². The van der Waals surface area contributed by atoms with Crippen molar-refractivity contribution in [2.75, 3.05) is 26.9 Å². The number of ether oxygens (including phenoxy) is 2. The molecular weight excluding hydrogens is 226 g/mol. The lowest BCUT2D eigenvalue weighted by molar-refractivity contribution is 0.199. The normalized spacial score (nSPS) is 10.1. The van der Waals surface area contributed by atoms with E-state index in [1.807, 2.05) is 13.8 Å². The molecule has 0 saturated carbocycles. The van der Waals surface area contributed by atoms with Crippen LogP contribution in [0.25, 0.3) is 0 Å². The molecule has 98 valence electrons. The third kappa shape index (κ3) is 4.40. The van der Waals surface area contributed by atoms with Crippen molar-refractivity contribution in [1.29, 1.82) is 0 Å². The molecule has 0 fully saturated rings. The fourth-order valence-corrected chi connectivity index (χ4v) is 1.89. The summed E-state index contributed by atoms with van der Waals surface area (Å²) < 4.78 is 10.5. The van der Waals surface area contributed by atoms with Crippen molar-refractivity contribution in [3.63, 3.8) is 0 Å². The van der Waals surface area contributed by atoms with E-state index in [1.54, 1.807) is 7.11 Å². The number of terminal acetylenes is 1. The number of hydrogen-bond acceptors (Lipinski definition) is 3. The zero-order valence-electron chi connectivity index (χ0n) is 11.4. The van der Waals surface area contributed by atoms with Crippen LogP contribution in [0.5, 0.6) is 5.75 Å². The van der Waals surface area contributed by atoms with Crippen LogP contribution in [0.2, 0.25) is 0 Å². The van der Waals surface area contributed by atoms with Gasteiger partial charge in [-0.2, -0.15) is 0 Å². The summed E-state index contributed by atoms with van der Waals surface area (Å²) in [5, 5.41) is 3.32. The second-order valence-electron chi connectivity index (χ2n) is 4.22. The summed E-state index contributed by atoms with van der Waals surface area (Å²) in [6.07, 6.45) is 5.20. The Hall–Kier alpha value is -1.50. The molecule has 0 amide bonds. The standard InChI is InChI=1S/C15H21NO2/c1-5-7-18-15-12(2)9-14(10-13(15)3)11-16-6-8-17-4/h1,9-10,16H,6-8,11H2,2-4H3. The van der Waals surface area contributed by atoms with Crippen LogP contribution < -0.4 is 10.1 Å². The van der Waals surface area contributed by atoms with Gasteiger partial charge in [0, 0.05) is 20.2 Å². The first-order valence-electron chi connectivity index (χ1n) is 6.05. The molecule has 1 aromatic rings. The lowest BCUT2D eigenvalue weighted by Gasteiger charge is -2.13. The molecule has 0 saturated heterocycles. The van der Waals surface area contributed by atoms with Gasteiger partial charge < -0.3 is 14.8 Å². The van der Waals surface area contributed by atoms with Gasteiger partial charge in [-0.3, -0.25) is 0 Å². The fraction of sp³-hybridized carbons (Fsp3) is 0.467. The molecule has 0 spiro atoms. The van der Waals surface area contributed by atoms with Crippen molar-refractivity contribution >= 4 is 0 Å². The van der Waals surface area contributed by atoms with E-state index < -0.39 is 0 Å². The van der Waals surface area contributed by atoms with E-state index in [4.69, 9.17) is 15.9 Å². The molecule has 0 bridgehead atoms. The van der Waals surface area contributed by atoms with Crippen molar-refractivity contribution in [1.82, 2.24) is 5.32 Å². The summed E-state index contributed by atoms with van der Waals surface area (Å²) in [6.45, 7) is 6.80. The van der Waals surface area contributed by atoms with Crippen LogP contribution in [0.1, 0.15) is 16.7 Å². The van der Waals surface area contributed by atoms with Gasteiger partial charge in [0.1, 0.15) is 12.4 Å². The summed E-state index contributed by atoms with van der Waals surface area (Å²) in [7, 11) is 1.70. The molecule has 0 aliphatic rings. The molecule has 3 nitrogen and oxygen atoms in total. The smallest absolute Gasteiger partial charge is 0.148 e. The summed E-state index contributed by atoms with van der Waals surface area (Å²) >= 11 is 0. The number of aryl methyl sites for hydroxylation is 2. The lowest BCUT2D eigenvalue weighted by Crippen LogP contribution is -2.18. The van der Waals surface area contributed by atoms with E-state index in [0.29, 0.717) is 6.61 Å². The first-order chi connectivity index (χ1) is 8.69. The fourth-order valence-electron chi connectivity index (χ4n) is 1.89. The van der Waals surface area contributed by atoms with Gasteiger partial charge in [0.15, 0.2) is 0 Å². The van der Waals surface area contributed by atoms with Gasteiger partial charge in [0.25, 0.3) is 0 Å². The van der Waals surface area contributed by atoms with E-state index in [2.05, 4.69) is 23.4 Å². The highest BCUT2D eigenvalue weighted by Crippen LogP contribution is 2.24. The molecule has 0 heterocycles. The largest absolute Gasteiger partial charge is 0.480 e. The van der Waals surface area contributed by atoms with Gasteiger partial charge in [-0.25, -0.2) is 0 Å². The third-order valence-electron chi connectivity index (χ3n) is 2.63. The van der Waals surface area contributed by atoms with Gasteiger partial charge in [0.2, 0.25) is 0 Å². The average molecular weight is 247 g/mol. The van der Waals surface area contributed by atoms with Crippen molar-refractivity contribution in [2.24, 2.45) is 0 Å². The minimum Gasteiger partial charge on any atom is -0.480 e. The van der Waals surface area contributed by atoms with E-state index in [0.717, 1.165) is 36.6 Å². The number of rotatable bonds is 7. The lowest BCUT2D eigenvalue weighted by atomic mass is 10.1. The Bertz CT molecular complexity index is 398. The minimum atomic E-state index is 0.313. The van der Waals surface area contributed by atoms with Crippen LogP contribution in [0.15, 0.2) is 12.1 Å². The maximum atomic E-state index is 5.54. The monoisotopic (exact) mass is 247 g/mol. The second kappa shape index (κ2) is 7.75. The van der Waals surface area contributed by atoms with Gasteiger partial charge in [0.05, 0.1) is 6.61 Å². The molecule has 1 aromatic carbocycles.